The molecule has 2 aromatic heterocycles. The molecule has 7 nitrogen and oxygen atoms in total. The summed E-state index contributed by atoms with van der Waals surface area (Å²) in [5.41, 5.74) is 0.539. The van der Waals surface area contributed by atoms with E-state index in [1.54, 1.807) is 42.5 Å². The summed E-state index contributed by atoms with van der Waals surface area (Å²) in [6.45, 7) is 0. The third-order valence-electron chi connectivity index (χ3n) is 3.92. The van der Waals surface area contributed by atoms with Crippen molar-refractivity contribution in [2.45, 2.75) is 0 Å². The fraction of sp³-hybridized carbons (Fsp3) is 0. The van der Waals surface area contributed by atoms with Crippen LogP contribution in [-0.2, 0) is 0 Å². The molecule has 0 aliphatic rings. The smallest absolute Gasteiger partial charge is 0.341 e. The average molecular weight is 367 g/mol. The molecule has 0 spiro atoms. The standard InChI is InChI=1S/C18H11ClN4O3/c19-11-6-7-13-15(8-11)20-10-22(17(13)24)16-14(18(25)26)9-21-23(16)12-4-2-1-3-5-12/h1-10H,(H,25,26). The molecule has 0 unspecified atom stereocenters. The van der Waals surface area contributed by atoms with Crippen LogP contribution in [-0.4, -0.2) is 30.4 Å². The Morgan fingerprint density at radius 3 is 2.62 bits per heavy atom. The third-order valence-corrected chi connectivity index (χ3v) is 4.16. The fourth-order valence-corrected chi connectivity index (χ4v) is 2.89. The summed E-state index contributed by atoms with van der Waals surface area (Å²) in [7, 11) is 0. The molecule has 2 aromatic carbocycles. The van der Waals surface area contributed by atoms with Crippen molar-refractivity contribution in [2.24, 2.45) is 0 Å². The van der Waals surface area contributed by atoms with Crippen molar-refractivity contribution in [1.29, 1.82) is 0 Å². The lowest BCUT2D eigenvalue weighted by atomic mass is 10.2. The number of para-hydroxylation sites is 1. The number of fused-ring (bicyclic) bond motifs is 1. The molecular formula is C18H11ClN4O3. The van der Waals surface area contributed by atoms with E-state index in [2.05, 4.69) is 10.1 Å². The van der Waals surface area contributed by atoms with E-state index < -0.39 is 11.5 Å². The Morgan fingerprint density at radius 1 is 1.12 bits per heavy atom. The minimum atomic E-state index is -1.19. The van der Waals surface area contributed by atoms with Gasteiger partial charge in [0.2, 0.25) is 0 Å². The van der Waals surface area contributed by atoms with Crippen molar-refractivity contribution >= 4 is 28.5 Å². The van der Waals surface area contributed by atoms with E-state index in [4.69, 9.17) is 11.6 Å². The zero-order valence-corrected chi connectivity index (χ0v) is 14.0. The molecule has 0 bridgehead atoms. The first-order valence-corrected chi connectivity index (χ1v) is 7.98. The molecule has 0 saturated heterocycles. The van der Waals surface area contributed by atoms with E-state index in [0.717, 1.165) is 0 Å². The Morgan fingerprint density at radius 2 is 1.88 bits per heavy atom. The van der Waals surface area contributed by atoms with Crippen molar-refractivity contribution in [1.82, 2.24) is 19.3 Å². The lowest BCUT2D eigenvalue weighted by Gasteiger charge is -2.11. The minimum Gasteiger partial charge on any atom is -0.477 e. The highest BCUT2D eigenvalue weighted by Gasteiger charge is 2.21. The van der Waals surface area contributed by atoms with Gasteiger partial charge in [-0.05, 0) is 30.3 Å². The molecule has 0 fully saturated rings. The van der Waals surface area contributed by atoms with Gasteiger partial charge in [-0.15, -0.1) is 0 Å². The molecule has 0 aliphatic heterocycles. The summed E-state index contributed by atoms with van der Waals surface area (Å²) in [5.74, 6) is -1.08. The number of benzene rings is 2. The first-order chi connectivity index (χ1) is 12.6. The van der Waals surface area contributed by atoms with E-state index in [1.807, 2.05) is 6.07 Å². The molecule has 0 atom stereocenters. The van der Waals surface area contributed by atoms with Crippen molar-refractivity contribution in [2.75, 3.05) is 0 Å². The Hall–Kier alpha value is -3.45. The fourth-order valence-electron chi connectivity index (χ4n) is 2.73. The molecule has 4 rings (SSSR count). The summed E-state index contributed by atoms with van der Waals surface area (Å²) in [6, 6.07) is 13.7. The predicted octanol–water partition coefficient (Wildman–Crippen LogP) is 2.92. The number of hydrogen-bond donors (Lipinski definition) is 1. The highest BCUT2D eigenvalue weighted by molar-refractivity contribution is 6.31. The van der Waals surface area contributed by atoms with Crippen LogP contribution >= 0.6 is 11.6 Å². The van der Waals surface area contributed by atoms with Crippen LogP contribution in [0.25, 0.3) is 22.4 Å². The van der Waals surface area contributed by atoms with Gasteiger partial charge in [0.05, 0.1) is 22.8 Å². The zero-order chi connectivity index (χ0) is 18.3. The molecular weight excluding hydrogens is 356 g/mol. The molecule has 0 radical (unpaired) electrons. The highest BCUT2D eigenvalue weighted by atomic mass is 35.5. The van der Waals surface area contributed by atoms with Crippen molar-refractivity contribution in [3.63, 3.8) is 0 Å². The average Bonchev–Trinajstić information content (AvgIpc) is 3.08. The second-order valence-corrected chi connectivity index (χ2v) is 5.95. The number of carboxylic acids is 1. The summed E-state index contributed by atoms with van der Waals surface area (Å²) < 4.78 is 2.58. The SMILES string of the molecule is O=C(O)c1cnn(-c2ccccc2)c1-n1cnc2cc(Cl)ccc2c1=O. The third kappa shape index (κ3) is 2.55. The first kappa shape index (κ1) is 16.0. The Bertz CT molecular complexity index is 1200. The number of rotatable bonds is 3. The topological polar surface area (TPSA) is 90.0 Å². The highest BCUT2D eigenvalue weighted by Crippen LogP contribution is 2.20. The van der Waals surface area contributed by atoms with Gasteiger partial charge >= 0.3 is 5.97 Å². The maximum absolute atomic E-state index is 12.9. The van der Waals surface area contributed by atoms with Gasteiger partial charge in [-0.2, -0.15) is 5.10 Å². The minimum absolute atomic E-state index is 0.105. The van der Waals surface area contributed by atoms with Crippen LogP contribution in [0, 0.1) is 0 Å². The number of aromatic nitrogens is 4. The van der Waals surface area contributed by atoms with Crippen molar-refractivity contribution < 1.29 is 9.90 Å². The maximum atomic E-state index is 12.9. The largest absolute Gasteiger partial charge is 0.477 e. The second kappa shape index (κ2) is 6.12. The van der Waals surface area contributed by atoms with Gasteiger partial charge in [-0.25, -0.2) is 19.0 Å². The lowest BCUT2D eigenvalue weighted by molar-refractivity contribution is 0.0697. The molecule has 2 heterocycles. The lowest BCUT2D eigenvalue weighted by Crippen LogP contribution is -2.23. The van der Waals surface area contributed by atoms with Crippen LogP contribution in [0.5, 0.6) is 0 Å². The summed E-state index contributed by atoms with van der Waals surface area (Å²) >= 11 is 5.94. The van der Waals surface area contributed by atoms with E-state index in [-0.39, 0.29) is 11.4 Å². The number of carbonyl (C=O) groups is 1. The van der Waals surface area contributed by atoms with E-state index in [9.17, 15) is 14.7 Å². The number of halogens is 1. The van der Waals surface area contributed by atoms with Crippen molar-refractivity contribution in [3.8, 4) is 11.5 Å². The molecule has 0 aliphatic carbocycles. The molecule has 0 saturated carbocycles. The first-order valence-electron chi connectivity index (χ1n) is 7.60. The van der Waals surface area contributed by atoms with Gasteiger partial charge in [0, 0.05) is 5.02 Å². The van der Waals surface area contributed by atoms with E-state index in [0.29, 0.717) is 21.6 Å². The quantitative estimate of drug-likeness (QED) is 0.602. The monoisotopic (exact) mass is 366 g/mol. The molecule has 0 amide bonds. The van der Waals surface area contributed by atoms with Crippen LogP contribution in [0.15, 0.2) is 65.8 Å². The number of aromatic carboxylic acids is 1. The van der Waals surface area contributed by atoms with Crippen LogP contribution < -0.4 is 5.56 Å². The predicted molar refractivity (Wildman–Crippen MR) is 96.4 cm³/mol. The van der Waals surface area contributed by atoms with Gasteiger partial charge in [0.1, 0.15) is 11.9 Å². The van der Waals surface area contributed by atoms with Gasteiger partial charge in [-0.3, -0.25) is 4.79 Å². The summed E-state index contributed by atoms with van der Waals surface area (Å²) in [4.78, 5) is 28.8. The van der Waals surface area contributed by atoms with Gasteiger partial charge in [-0.1, -0.05) is 29.8 Å². The van der Waals surface area contributed by atoms with E-state index in [1.165, 1.54) is 21.8 Å². The normalized spacial score (nSPS) is 11.0. The Kier molecular flexibility index (Phi) is 3.78. The molecule has 1 N–H and O–H groups in total. The second-order valence-electron chi connectivity index (χ2n) is 5.52. The van der Waals surface area contributed by atoms with Gasteiger partial charge < -0.3 is 5.11 Å². The summed E-state index contributed by atoms with van der Waals surface area (Å²) in [5, 5.41) is 14.5. The van der Waals surface area contributed by atoms with Crippen LogP contribution in [0.3, 0.4) is 0 Å². The van der Waals surface area contributed by atoms with Crippen LogP contribution in [0.1, 0.15) is 10.4 Å². The maximum Gasteiger partial charge on any atom is 0.341 e. The number of nitrogens with zero attached hydrogens (tertiary/aromatic N) is 4. The van der Waals surface area contributed by atoms with Crippen molar-refractivity contribution in [3.05, 3.63) is 82.0 Å². The summed E-state index contributed by atoms with van der Waals surface area (Å²) in [6.07, 6.45) is 2.49. The van der Waals surface area contributed by atoms with Gasteiger partial charge in [0.15, 0.2) is 5.82 Å². The van der Waals surface area contributed by atoms with Gasteiger partial charge in [0.25, 0.3) is 5.56 Å². The Balaban J connectivity index is 2.04. The molecule has 128 valence electrons. The van der Waals surface area contributed by atoms with E-state index >= 15 is 0 Å². The Labute approximate surface area is 151 Å². The number of carboxylic acid groups (broad SMARTS) is 1. The number of hydrogen-bond acceptors (Lipinski definition) is 4. The molecule has 26 heavy (non-hydrogen) atoms. The molecule has 4 aromatic rings. The zero-order valence-electron chi connectivity index (χ0n) is 13.2. The van der Waals surface area contributed by atoms with Crippen LogP contribution in [0.4, 0.5) is 0 Å². The van der Waals surface area contributed by atoms with Crippen LogP contribution in [0.2, 0.25) is 5.02 Å². The molecule has 8 heteroatoms.